The van der Waals surface area contributed by atoms with Crippen molar-refractivity contribution in [1.29, 1.82) is 0 Å². The van der Waals surface area contributed by atoms with Gasteiger partial charge in [-0.15, -0.1) is 0 Å². The highest BCUT2D eigenvalue weighted by molar-refractivity contribution is 5.94. The minimum absolute atomic E-state index is 0.0163. The van der Waals surface area contributed by atoms with Gasteiger partial charge in [0.1, 0.15) is 17.7 Å². The van der Waals surface area contributed by atoms with Crippen molar-refractivity contribution in [2.75, 3.05) is 19.6 Å². The molecular formula is C20H21FN2O3. The van der Waals surface area contributed by atoms with Gasteiger partial charge in [0.25, 0.3) is 5.91 Å². The molecule has 5 nitrogen and oxygen atoms in total. The average molecular weight is 356 g/mol. The maximum absolute atomic E-state index is 13.5. The standard InChI is InChI=1S/C20H21FN2O3/c21-18-9-5-4-8-17(18)20(25)22-12-10-19(24)23-13-11-16(14-23)26-15-6-2-1-3-7-15/h1-9,16H,10-14H2,(H,22,25). The fourth-order valence-electron chi connectivity index (χ4n) is 2.92. The topological polar surface area (TPSA) is 58.6 Å². The molecule has 0 aliphatic carbocycles. The van der Waals surface area contributed by atoms with Gasteiger partial charge in [0.2, 0.25) is 5.91 Å². The number of nitrogens with zero attached hydrogens (tertiary/aromatic N) is 1. The van der Waals surface area contributed by atoms with Gasteiger partial charge >= 0.3 is 0 Å². The van der Waals surface area contributed by atoms with Crippen molar-refractivity contribution in [3.63, 3.8) is 0 Å². The maximum Gasteiger partial charge on any atom is 0.254 e. The fraction of sp³-hybridized carbons (Fsp3) is 0.300. The molecule has 1 heterocycles. The van der Waals surface area contributed by atoms with E-state index in [0.29, 0.717) is 13.1 Å². The van der Waals surface area contributed by atoms with E-state index in [4.69, 9.17) is 4.74 Å². The predicted molar refractivity (Wildman–Crippen MR) is 95.4 cm³/mol. The molecule has 1 N–H and O–H groups in total. The normalized spacial score (nSPS) is 16.3. The smallest absolute Gasteiger partial charge is 0.254 e. The van der Waals surface area contributed by atoms with E-state index in [1.54, 1.807) is 11.0 Å². The van der Waals surface area contributed by atoms with Crippen LogP contribution in [0.3, 0.4) is 0 Å². The average Bonchev–Trinajstić information content (AvgIpc) is 3.11. The van der Waals surface area contributed by atoms with Crippen molar-refractivity contribution in [3.05, 3.63) is 66.0 Å². The molecule has 1 fully saturated rings. The van der Waals surface area contributed by atoms with Crippen LogP contribution >= 0.6 is 0 Å². The summed E-state index contributed by atoms with van der Waals surface area (Å²) in [6.07, 6.45) is 0.940. The first-order valence-corrected chi connectivity index (χ1v) is 8.65. The number of halogens is 1. The fourth-order valence-corrected chi connectivity index (χ4v) is 2.92. The van der Waals surface area contributed by atoms with Crippen LogP contribution in [0.15, 0.2) is 54.6 Å². The molecule has 0 spiro atoms. The van der Waals surface area contributed by atoms with Crippen molar-refractivity contribution in [1.82, 2.24) is 10.2 Å². The van der Waals surface area contributed by atoms with Crippen LogP contribution in [0.4, 0.5) is 4.39 Å². The van der Waals surface area contributed by atoms with E-state index in [0.717, 1.165) is 12.2 Å². The van der Waals surface area contributed by atoms with Crippen LogP contribution in [0.2, 0.25) is 0 Å². The van der Waals surface area contributed by atoms with Gasteiger partial charge in [0.05, 0.1) is 12.1 Å². The third-order valence-electron chi connectivity index (χ3n) is 4.29. The zero-order valence-corrected chi connectivity index (χ0v) is 14.4. The minimum atomic E-state index is -0.572. The van der Waals surface area contributed by atoms with Gasteiger partial charge in [-0.3, -0.25) is 9.59 Å². The lowest BCUT2D eigenvalue weighted by atomic mass is 10.2. The number of benzene rings is 2. The third kappa shape index (κ3) is 4.59. The number of carbonyl (C=O) groups excluding carboxylic acids is 2. The summed E-state index contributed by atoms with van der Waals surface area (Å²) in [7, 11) is 0. The molecule has 26 heavy (non-hydrogen) atoms. The Labute approximate surface area is 151 Å². The molecule has 0 bridgehead atoms. The van der Waals surface area contributed by atoms with Crippen LogP contribution in [0.5, 0.6) is 5.75 Å². The Morgan fingerprint density at radius 3 is 2.62 bits per heavy atom. The van der Waals surface area contributed by atoms with Crippen molar-refractivity contribution in [2.24, 2.45) is 0 Å². The number of likely N-dealkylation sites (tertiary alicyclic amines) is 1. The van der Waals surface area contributed by atoms with Crippen LogP contribution in [0, 0.1) is 5.82 Å². The summed E-state index contributed by atoms with van der Waals surface area (Å²) in [4.78, 5) is 25.9. The first kappa shape index (κ1) is 17.9. The lowest BCUT2D eigenvalue weighted by molar-refractivity contribution is -0.130. The molecule has 0 radical (unpaired) electrons. The number of carbonyl (C=O) groups is 2. The summed E-state index contributed by atoms with van der Waals surface area (Å²) >= 11 is 0. The van der Waals surface area contributed by atoms with Gasteiger partial charge in [-0.2, -0.15) is 0 Å². The van der Waals surface area contributed by atoms with Crippen LogP contribution in [0.1, 0.15) is 23.2 Å². The van der Waals surface area contributed by atoms with Crippen LogP contribution < -0.4 is 10.1 Å². The Morgan fingerprint density at radius 1 is 1.12 bits per heavy atom. The van der Waals surface area contributed by atoms with E-state index in [1.807, 2.05) is 30.3 Å². The number of ether oxygens (including phenoxy) is 1. The quantitative estimate of drug-likeness (QED) is 0.866. The summed E-state index contributed by atoms with van der Waals surface area (Å²) in [6.45, 7) is 1.35. The van der Waals surface area contributed by atoms with E-state index in [-0.39, 0.29) is 30.5 Å². The first-order valence-electron chi connectivity index (χ1n) is 8.65. The van der Waals surface area contributed by atoms with Gasteiger partial charge in [-0.25, -0.2) is 4.39 Å². The van der Waals surface area contributed by atoms with Crippen LogP contribution in [0.25, 0.3) is 0 Å². The number of nitrogens with one attached hydrogen (secondary N) is 1. The Balaban J connectivity index is 1.41. The molecule has 3 rings (SSSR count). The minimum Gasteiger partial charge on any atom is -0.489 e. The lowest BCUT2D eigenvalue weighted by Crippen LogP contribution is -2.34. The molecule has 136 valence electrons. The van der Waals surface area contributed by atoms with E-state index in [1.165, 1.54) is 18.2 Å². The summed E-state index contributed by atoms with van der Waals surface area (Å²) in [5, 5.41) is 2.59. The number of amides is 2. The SMILES string of the molecule is O=C(NCCC(=O)N1CCC(Oc2ccccc2)C1)c1ccccc1F. The number of hydrogen-bond acceptors (Lipinski definition) is 3. The molecule has 0 aromatic heterocycles. The van der Waals surface area contributed by atoms with Crippen molar-refractivity contribution in [3.8, 4) is 5.75 Å². The highest BCUT2D eigenvalue weighted by Gasteiger charge is 2.27. The second kappa shape index (κ2) is 8.47. The Bertz CT molecular complexity index is 767. The molecule has 0 saturated carbocycles. The van der Waals surface area contributed by atoms with Crippen molar-refractivity contribution >= 4 is 11.8 Å². The largest absolute Gasteiger partial charge is 0.489 e. The van der Waals surface area contributed by atoms with Gasteiger partial charge in [-0.1, -0.05) is 30.3 Å². The zero-order valence-electron chi connectivity index (χ0n) is 14.4. The van der Waals surface area contributed by atoms with Crippen LogP contribution in [-0.2, 0) is 4.79 Å². The first-order chi connectivity index (χ1) is 12.6. The molecule has 2 aromatic rings. The Kier molecular flexibility index (Phi) is 5.84. The van der Waals surface area contributed by atoms with Crippen LogP contribution in [-0.4, -0.2) is 42.5 Å². The summed E-state index contributed by atoms with van der Waals surface area (Å²) in [5.41, 5.74) is -0.0163. The molecule has 2 amide bonds. The predicted octanol–water partition coefficient (Wildman–Crippen LogP) is 2.63. The Morgan fingerprint density at radius 2 is 1.85 bits per heavy atom. The van der Waals surface area contributed by atoms with Crippen molar-refractivity contribution in [2.45, 2.75) is 18.9 Å². The van der Waals surface area contributed by atoms with Gasteiger partial charge in [-0.05, 0) is 24.3 Å². The lowest BCUT2D eigenvalue weighted by Gasteiger charge is -2.17. The third-order valence-corrected chi connectivity index (χ3v) is 4.29. The highest BCUT2D eigenvalue weighted by Crippen LogP contribution is 2.18. The molecule has 1 saturated heterocycles. The van der Waals surface area contributed by atoms with Gasteiger partial charge in [0.15, 0.2) is 0 Å². The zero-order chi connectivity index (χ0) is 18.4. The number of para-hydroxylation sites is 1. The van der Waals surface area contributed by atoms with Crippen molar-refractivity contribution < 1.29 is 18.7 Å². The molecule has 1 aliphatic heterocycles. The summed E-state index contributed by atoms with van der Waals surface area (Å²) in [5.74, 6) is -0.332. The maximum atomic E-state index is 13.5. The van der Waals surface area contributed by atoms with E-state index >= 15 is 0 Å². The Hall–Kier alpha value is -2.89. The van der Waals surface area contributed by atoms with E-state index in [2.05, 4.69) is 5.32 Å². The molecule has 1 unspecified atom stereocenters. The monoisotopic (exact) mass is 356 g/mol. The molecule has 1 aliphatic rings. The van der Waals surface area contributed by atoms with Gasteiger partial charge in [0, 0.05) is 25.9 Å². The molecular weight excluding hydrogens is 335 g/mol. The molecule has 2 aromatic carbocycles. The second-order valence-corrected chi connectivity index (χ2v) is 6.17. The van der Waals surface area contributed by atoms with E-state index in [9.17, 15) is 14.0 Å². The number of rotatable bonds is 6. The van der Waals surface area contributed by atoms with Gasteiger partial charge < -0.3 is 15.0 Å². The highest BCUT2D eigenvalue weighted by atomic mass is 19.1. The number of hydrogen-bond donors (Lipinski definition) is 1. The van der Waals surface area contributed by atoms with E-state index < -0.39 is 11.7 Å². The molecule has 1 atom stereocenters. The summed E-state index contributed by atoms with van der Waals surface area (Å²) < 4.78 is 19.4. The second-order valence-electron chi connectivity index (χ2n) is 6.17. The summed E-state index contributed by atoms with van der Waals surface area (Å²) in [6, 6.07) is 15.3. The molecule has 6 heteroatoms.